The van der Waals surface area contributed by atoms with Crippen molar-refractivity contribution in [2.24, 2.45) is 11.8 Å². The first-order chi connectivity index (χ1) is 5.20. The summed E-state index contributed by atoms with van der Waals surface area (Å²) in [5.74, 6) is 1.92. The van der Waals surface area contributed by atoms with Crippen LogP contribution in [-0.4, -0.2) is 4.83 Å². The maximum absolute atomic E-state index is 3.69. The van der Waals surface area contributed by atoms with Crippen LogP contribution in [0.1, 0.15) is 46.0 Å². The first kappa shape index (κ1) is 9.57. The molecule has 1 rings (SSSR count). The van der Waals surface area contributed by atoms with Crippen LogP contribution in [0.15, 0.2) is 0 Å². The fraction of sp³-hybridized carbons (Fsp3) is 1.00. The third-order valence-electron chi connectivity index (χ3n) is 2.95. The fourth-order valence-corrected chi connectivity index (χ4v) is 2.50. The Morgan fingerprint density at radius 3 is 2.55 bits per heavy atom. The van der Waals surface area contributed by atoms with E-state index in [1.165, 1.54) is 32.1 Å². The van der Waals surface area contributed by atoms with Crippen molar-refractivity contribution in [1.82, 2.24) is 0 Å². The lowest BCUT2D eigenvalue weighted by molar-refractivity contribution is 0.447. The van der Waals surface area contributed by atoms with E-state index in [1.54, 1.807) is 0 Å². The van der Waals surface area contributed by atoms with Gasteiger partial charge in [-0.2, -0.15) is 0 Å². The minimum atomic E-state index is 0.729. The lowest BCUT2D eigenvalue weighted by Gasteiger charge is -2.16. The predicted molar refractivity (Wildman–Crippen MR) is 54.1 cm³/mol. The normalized spacial score (nSPS) is 36.3. The Bertz CT molecular complexity index is 109. The zero-order valence-electron chi connectivity index (χ0n) is 7.65. The molecule has 0 nitrogen and oxygen atoms in total. The molecule has 0 amide bonds. The summed E-state index contributed by atoms with van der Waals surface area (Å²) in [5, 5.41) is 0. The fourth-order valence-electron chi connectivity index (χ4n) is 1.98. The molecular formula is C10H19Br. The van der Waals surface area contributed by atoms with Crippen molar-refractivity contribution in [3.05, 3.63) is 0 Å². The number of alkyl halides is 1. The van der Waals surface area contributed by atoms with Crippen LogP contribution in [0.5, 0.6) is 0 Å². The summed E-state index contributed by atoms with van der Waals surface area (Å²) >= 11 is 3.69. The Hall–Kier alpha value is 0.480. The molecule has 11 heavy (non-hydrogen) atoms. The maximum atomic E-state index is 3.69. The minimum absolute atomic E-state index is 0.729. The van der Waals surface area contributed by atoms with Gasteiger partial charge in [-0.05, 0) is 24.7 Å². The van der Waals surface area contributed by atoms with Gasteiger partial charge in [-0.25, -0.2) is 0 Å². The van der Waals surface area contributed by atoms with Gasteiger partial charge in [0, 0.05) is 4.83 Å². The Balaban J connectivity index is 2.34. The monoisotopic (exact) mass is 218 g/mol. The Morgan fingerprint density at radius 1 is 1.18 bits per heavy atom. The lowest BCUT2D eigenvalue weighted by Crippen LogP contribution is -2.09. The van der Waals surface area contributed by atoms with Crippen molar-refractivity contribution < 1.29 is 0 Å². The lowest BCUT2D eigenvalue weighted by atomic mass is 9.97. The summed E-state index contributed by atoms with van der Waals surface area (Å²) in [6, 6.07) is 0. The Morgan fingerprint density at radius 2 is 1.91 bits per heavy atom. The molecule has 1 fully saturated rings. The molecule has 66 valence electrons. The van der Waals surface area contributed by atoms with Gasteiger partial charge in [0.05, 0.1) is 0 Å². The van der Waals surface area contributed by atoms with Gasteiger partial charge in [0.25, 0.3) is 0 Å². The maximum Gasteiger partial charge on any atom is 0.0145 e. The van der Waals surface area contributed by atoms with E-state index >= 15 is 0 Å². The van der Waals surface area contributed by atoms with Crippen molar-refractivity contribution in [1.29, 1.82) is 0 Å². The third kappa shape index (κ3) is 3.14. The van der Waals surface area contributed by atoms with Gasteiger partial charge in [-0.3, -0.25) is 0 Å². The van der Waals surface area contributed by atoms with E-state index in [4.69, 9.17) is 0 Å². The van der Waals surface area contributed by atoms with Gasteiger partial charge in [0.1, 0.15) is 0 Å². The highest BCUT2D eigenvalue weighted by Gasteiger charge is 2.19. The average molecular weight is 219 g/mol. The molecule has 1 aliphatic carbocycles. The minimum Gasteiger partial charge on any atom is -0.0891 e. The van der Waals surface area contributed by atoms with Crippen LogP contribution >= 0.6 is 15.9 Å². The van der Waals surface area contributed by atoms with Crippen LogP contribution in [0.4, 0.5) is 0 Å². The quantitative estimate of drug-likeness (QED) is 0.462. The molecule has 0 aromatic carbocycles. The van der Waals surface area contributed by atoms with Gasteiger partial charge in [-0.15, -0.1) is 0 Å². The highest BCUT2D eigenvalue weighted by Crippen LogP contribution is 2.31. The van der Waals surface area contributed by atoms with Crippen LogP contribution in [0.25, 0.3) is 0 Å². The van der Waals surface area contributed by atoms with E-state index in [9.17, 15) is 0 Å². The molecule has 0 radical (unpaired) electrons. The molecule has 0 aromatic rings. The third-order valence-corrected chi connectivity index (χ3v) is 3.70. The molecule has 1 aliphatic rings. The molecule has 0 heterocycles. The van der Waals surface area contributed by atoms with Crippen LogP contribution < -0.4 is 0 Å². The molecule has 3 unspecified atom stereocenters. The molecule has 1 heteroatoms. The van der Waals surface area contributed by atoms with Gasteiger partial charge < -0.3 is 0 Å². The number of halogens is 1. The first-order valence-electron chi connectivity index (χ1n) is 4.84. The molecule has 0 aliphatic heterocycles. The van der Waals surface area contributed by atoms with Crippen LogP contribution in [-0.2, 0) is 0 Å². The van der Waals surface area contributed by atoms with Crippen molar-refractivity contribution in [3.8, 4) is 0 Å². The summed E-state index contributed by atoms with van der Waals surface area (Å²) in [6.45, 7) is 4.68. The van der Waals surface area contributed by atoms with Crippen molar-refractivity contribution in [3.63, 3.8) is 0 Å². The molecule has 1 saturated carbocycles. The van der Waals surface area contributed by atoms with Gasteiger partial charge in [0.15, 0.2) is 0 Å². The SMILES string of the molecule is CC1CCCC(C(C)Br)CC1. The van der Waals surface area contributed by atoms with E-state index in [0.29, 0.717) is 0 Å². The van der Waals surface area contributed by atoms with Crippen molar-refractivity contribution in [2.75, 3.05) is 0 Å². The number of rotatable bonds is 1. The second-order valence-corrected chi connectivity index (χ2v) is 5.50. The van der Waals surface area contributed by atoms with E-state index < -0.39 is 0 Å². The number of hydrogen-bond acceptors (Lipinski definition) is 0. The summed E-state index contributed by atoms with van der Waals surface area (Å²) < 4.78 is 0. The number of hydrogen-bond donors (Lipinski definition) is 0. The average Bonchev–Trinajstić information content (AvgIpc) is 2.13. The summed E-state index contributed by atoms with van der Waals surface area (Å²) in [4.78, 5) is 0.729. The van der Waals surface area contributed by atoms with E-state index in [1.807, 2.05) is 0 Å². The van der Waals surface area contributed by atoms with Crippen molar-refractivity contribution in [2.45, 2.75) is 50.8 Å². The summed E-state index contributed by atoms with van der Waals surface area (Å²) in [5.41, 5.74) is 0. The molecule has 0 saturated heterocycles. The summed E-state index contributed by atoms with van der Waals surface area (Å²) in [6.07, 6.45) is 7.23. The van der Waals surface area contributed by atoms with E-state index in [-0.39, 0.29) is 0 Å². The zero-order valence-corrected chi connectivity index (χ0v) is 9.23. The molecule has 0 spiro atoms. The van der Waals surface area contributed by atoms with Crippen molar-refractivity contribution >= 4 is 15.9 Å². The standard InChI is InChI=1S/C10H19Br/c1-8-4-3-5-10(7-6-8)9(2)11/h8-10H,3-7H2,1-2H3. The smallest absolute Gasteiger partial charge is 0.0145 e. The topological polar surface area (TPSA) is 0 Å². The van der Waals surface area contributed by atoms with Gasteiger partial charge in [0.2, 0.25) is 0 Å². The molecular weight excluding hydrogens is 200 g/mol. The molecule has 0 bridgehead atoms. The Labute approximate surface area is 78.9 Å². The second kappa shape index (κ2) is 4.49. The van der Waals surface area contributed by atoms with Gasteiger partial charge in [-0.1, -0.05) is 49.0 Å². The van der Waals surface area contributed by atoms with Crippen LogP contribution in [0, 0.1) is 11.8 Å². The zero-order chi connectivity index (χ0) is 8.27. The van der Waals surface area contributed by atoms with Gasteiger partial charge >= 0.3 is 0 Å². The first-order valence-corrected chi connectivity index (χ1v) is 5.75. The van der Waals surface area contributed by atoms with E-state index in [2.05, 4.69) is 29.8 Å². The summed E-state index contributed by atoms with van der Waals surface area (Å²) in [7, 11) is 0. The highest BCUT2D eigenvalue weighted by molar-refractivity contribution is 9.09. The highest BCUT2D eigenvalue weighted by atomic mass is 79.9. The van der Waals surface area contributed by atoms with E-state index in [0.717, 1.165) is 16.7 Å². The van der Waals surface area contributed by atoms with Crippen LogP contribution in [0.3, 0.4) is 0 Å². The largest absolute Gasteiger partial charge is 0.0891 e. The Kier molecular flexibility index (Phi) is 3.91. The predicted octanol–water partition coefficient (Wildman–Crippen LogP) is 3.99. The molecule has 0 aromatic heterocycles. The van der Waals surface area contributed by atoms with Crippen LogP contribution in [0.2, 0.25) is 0 Å². The molecule has 3 atom stereocenters. The molecule has 0 N–H and O–H groups in total. The second-order valence-electron chi connectivity index (χ2n) is 4.05.